The van der Waals surface area contributed by atoms with Crippen molar-refractivity contribution in [3.8, 4) is 0 Å². The van der Waals surface area contributed by atoms with Gasteiger partial charge in [-0.25, -0.2) is 0 Å². The lowest BCUT2D eigenvalue weighted by molar-refractivity contribution is 0.134. The van der Waals surface area contributed by atoms with E-state index < -0.39 is 0 Å². The molecule has 1 aromatic carbocycles. The lowest BCUT2D eigenvalue weighted by Gasteiger charge is -2.38. The maximum absolute atomic E-state index is 4.46. The predicted molar refractivity (Wildman–Crippen MR) is 127 cm³/mol. The largest absolute Gasteiger partial charge is 0.356 e. The highest BCUT2D eigenvalue weighted by molar-refractivity contribution is 5.79. The molecule has 2 saturated heterocycles. The Bertz CT molecular complexity index is 634. The predicted octanol–water partition coefficient (Wildman–Crippen LogP) is 2.23. The molecule has 2 aliphatic rings. The van der Waals surface area contributed by atoms with Gasteiger partial charge in [0, 0.05) is 51.9 Å². The van der Waals surface area contributed by atoms with Crippen molar-refractivity contribution in [1.29, 1.82) is 0 Å². The van der Waals surface area contributed by atoms with Gasteiger partial charge in [0.1, 0.15) is 0 Å². The van der Waals surface area contributed by atoms with E-state index in [1.165, 1.54) is 51.1 Å². The molecule has 0 aromatic heterocycles. The van der Waals surface area contributed by atoms with Gasteiger partial charge in [0.2, 0.25) is 0 Å². The van der Waals surface area contributed by atoms with Gasteiger partial charge in [0.25, 0.3) is 0 Å². The van der Waals surface area contributed by atoms with Crippen LogP contribution in [0, 0.1) is 0 Å². The van der Waals surface area contributed by atoms with E-state index in [4.69, 9.17) is 0 Å². The third-order valence-corrected chi connectivity index (χ3v) is 6.56. The number of likely N-dealkylation sites (tertiary alicyclic amines) is 1. The van der Waals surface area contributed by atoms with E-state index in [9.17, 15) is 0 Å². The van der Waals surface area contributed by atoms with Gasteiger partial charge in [-0.3, -0.25) is 9.89 Å². The zero-order valence-corrected chi connectivity index (χ0v) is 19.3. The molecule has 2 heterocycles. The topological polar surface area (TPSA) is 46.1 Å². The van der Waals surface area contributed by atoms with Gasteiger partial charge in [-0.05, 0) is 64.9 Å². The number of hydrogen-bond acceptors (Lipinski definition) is 4. The number of nitrogens with zero attached hydrogens (tertiary/aromatic N) is 4. The van der Waals surface area contributed by atoms with Crippen molar-refractivity contribution >= 4 is 5.96 Å². The Morgan fingerprint density at radius 3 is 2.70 bits per heavy atom. The normalized spacial score (nSPS) is 25.1. The van der Waals surface area contributed by atoms with Gasteiger partial charge >= 0.3 is 0 Å². The van der Waals surface area contributed by atoms with Crippen LogP contribution < -0.4 is 10.6 Å². The molecule has 0 radical (unpaired) electrons. The Morgan fingerprint density at radius 2 is 1.93 bits per heavy atom. The van der Waals surface area contributed by atoms with Crippen molar-refractivity contribution in [2.45, 2.75) is 51.2 Å². The van der Waals surface area contributed by atoms with Crippen molar-refractivity contribution in [2.75, 3.05) is 59.9 Å². The average molecular weight is 415 g/mol. The highest BCUT2D eigenvalue weighted by Crippen LogP contribution is 2.19. The number of nitrogens with one attached hydrogen (secondary N) is 2. The Kier molecular flexibility index (Phi) is 9.43. The number of aliphatic imine (C=N–C) groups is 1. The van der Waals surface area contributed by atoms with Gasteiger partial charge in [-0.15, -0.1) is 0 Å². The van der Waals surface area contributed by atoms with Crippen LogP contribution in [0.25, 0.3) is 0 Å². The Hall–Kier alpha value is -1.63. The minimum Gasteiger partial charge on any atom is -0.356 e. The summed E-state index contributed by atoms with van der Waals surface area (Å²) in [7, 11) is 4.11. The molecule has 2 unspecified atom stereocenters. The number of hydrogen-bond donors (Lipinski definition) is 2. The summed E-state index contributed by atoms with van der Waals surface area (Å²) < 4.78 is 0. The highest BCUT2D eigenvalue weighted by Gasteiger charge is 2.25. The molecule has 6 heteroatoms. The molecule has 6 nitrogen and oxygen atoms in total. The molecule has 0 spiro atoms. The van der Waals surface area contributed by atoms with E-state index in [2.05, 4.69) is 74.6 Å². The number of guanidine groups is 1. The van der Waals surface area contributed by atoms with Crippen LogP contribution in [0.5, 0.6) is 0 Å². The van der Waals surface area contributed by atoms with Gasteiger partial charge in [0.05, 0.1) is 0 Å². The molecule has 0 aliphatic carbocycles. The first-order chi connectivity index (χ1) is 14.6. The van der Waals surface area contributed by atoms with E-state index in [0.717, 1.165) is 38.4 Å². The van der Waals surface area contributed by atoms with E-state index in [1.54, 1.807) is 0 Å². The molecule has 0 amide bonds. The fourth-order valence-corrected chi connectivity index (χ4v) is 4.63. The number of rotatable bonds is 7. The maximum atomic E-state index is 4.46. The molecule has 1 aromatic rings. The molecule has 2 N–H and O–H groups in total. The van der Waals surface area contributed by atoms with E-state index in [-0.39, 0.29) is 0 Å². The molecule has 2 atom stereocenters. The monoisotopic (exact) mass is 414 g/mol. The van der Waals surface area contributed by atoms with Crippen LogP contribution in [-0.2, 0) is 6.54 Å². The van der Waals surface area contributed by atoms with E-state index in [1.807, 2.05) is 7.05 Å². The second-order valence-corrected chi connectivity index (χ2v) is 9.02. The number of piperidine rings is 1. The van der Waals surface area contributed by atoms with Crippen LogP contribution in [0.15, 0.2) is 35.3 Å². The van der Waals surface area contributed by atoms with E-state index in [0.29, 0.717) is 12.1 Å². The van der Waals surface area contributed by atoms with Gasteiger partial charge in [0.15, 0.2) is 5.96 Å². The first-order valence-corrected chi connectivity index (χ1v) is 11.8. The van der Waals surface area contributed by atoms with Crippen molar-refractivity contribution in [2.24, 2.45) is 4.99 Å². The number of benzene rings is 1. The first kappa shape index (κ1) is 23.0. The third-order valence-electron chi connectivity index (χ3n) is 6.56. The summed E-state index contributed by atoms with van der Waals surface area (Å²) in [6.07, 6.45) is 4.78. The van der Waals surface area contributed by atoms with Crippen LogP contribution in [0.2, 0.25) is 0 Å². The second-order valence-electron chi connectivity index (χ2n) is 9.02. The lowest BCUT2D eigenvalue weighted by atomic mass is 9.97. The summed E-state index contributed by atoms with van der Waals surface area (Å²) in [4.78, 5) is 12.1. The summed E-state index contributed by atoms with van der Waals surface area (Å²) in [6.45, 7) is 11.5. The van der Waals surface area contributed by atoms with Crippen LogP contribution in [0.4, 0.5) is 0 Å². The van der Waals surface area contributed by atoms with Crippen molar-refractivity contribution in [1.82, 2.24) is 25.3 Å². The third kappa shape index (κ3) is 7.56. The Morgan fingerprint density at radius 1 is 1.10 bits per heavy atom. The highest BCUT2D eigenvalue weighted by atomic mass is 15.2. The fourth-order valence-electron chi connectivity index (χ4n) is 4.63. The molecule has 30 heavy (non-hydrogen) atoms. The van der Waals surface area contributed by atoms with E-state index >= 15 is 0 Å². The Balaban J connectivity index is 1.34. The van der Waals surface area contributed by atoms with Gasteiger partial charge in [-0.1, -0.05) is 30.3 Å². The van der Waals surface area contributed by atoms with Crippen LogP contribution >= 0.6 is 0 Å². The lowest BCUT2D eigenvalue weighted by Crippen LogP contribution is -2.51. The minimum absolute atomic E-state index is 0.499. The number of likely N-dealkylation sites (N-methyl/N-ethyl adjacent to an activating group) is 1. The summed E-state index contributed by atoms with van der Waals surface area (Å²) >= 11 is 0. The molecular weight excluding hydrogens is 372 g/mol. The summed E-state index contributed by atoms with van der Waals surface area (Å²) in [5, 5.41) is 7.20. The van der Waals surface area contributed by atoms with Crippen LogP contribution in [0.1, 0.15) is 38.2 Å². The summed E-state index contributed by atoms with van der Waals surface area (Å²) in [6, 6.07) is 11.9. The maximum Gasteiger partial charge on any atom is 0.191 e. The van der Waals surface area contributed by atoms with Crippen molar-refractivity contribution < 1.29 is 0 Å². The SMILES string of the molecule is CN=C(NCCCN1CCCN(C)CC1)NC1CCN(Cc2ccccc2)C(C)C1. The second kappa shape index (κ2) is 12.3. The fraction of sp³-hybridized carbons (Fsp3) is 0.708. The standard InChI is InChI=1S/C24H42N6/c1-21-19-23(11-16-30(21)20-22-9-5-4-6-10-22)27-24(25-2)26-12-7-14-29-15-8-13-28(3)17-18-29/h4-6,9-10,21,23H,7-8,11-20H2,1-3H3,(H2,25,26,27). The van der Waals surface area contributed by atoms with Crippen LogP contribution in [0.3, 0.4) is 0 Å². The van der Waals surface area contributed by atoms with Gasteiger partial charge in [-0.2, -0.15) is 0 Å². The van der Waals surface area contributed by atoms with Gasteiger partial charge < -0.3 is 20.4 Å². The molecule has 0 saturated carbocycles. The smallest absolute Gasteiger partial charge is 0.191 e. The summed E-state index contributed by atoms with van der Waals surface area (Å²) in [5.41, 5.74) is 1.41. The zero-order chi connectivity index (χ0) is 21.2. The molecule has 2 fully saturated rings. The minimum atomic E-state index is 0.499. The van der Waals surface area contributed by atoms with Crippen molar-refractivity contribution in [3.05, 3.63) is 35.9 Å². The Labute approximate surface area is 183 Å². The molecular formula is C24H42N6. The van der Waals surface area contributed by atoms with Crippen LogP contribution in [-0.4, -0.2) is 92.7 Å². The quantitative estimate of drug-likeness (QED) is 0.407. The molecule has 3 rings (SSSR count). The molecule has 2 aliphatic heterocycles. The molecule has 0 bridgehead atoms. The first-order valence-electron chi connectivity index (χ1n) is 11.8. The van der Waals surface area contributed by atoms with Crippen molar-refractivity contribution in [3.63, 3.8) is 0 Å². The summed E-state index contributed by atoms with van der Waals surface area (Å²) in [5.74, 6) is 0.958. The zero-order valence-electron chi connectivity index (χ0n) is 19.3. The average Bonchev–Trinajstić information content (AvgIpc) is 2.97. The molecule has 168 valence electrons.